The molecule has 0 aliphatic carbocycles. The third-order valence-corrected chi connectivity index (χ3v) is 4.36. The molecule has 10 heteroatoms. The maximum atomic E-state index is 15.1. The monoisotopic (exact) mass is 371 g/mol. The molecule has 1 aromatic heterocycles. The van der Waals surface area contributed by atoms with Crippen LogP contribution in [0, 0.1) is 17.5 Å². The number of aryl methyl sites for hydroxylation is 1. The van der Waals surface area contributed by atoms with Crippen molar-refractivity contribution in [3.05, 3.63) is 33.9 Å². The van der Waals surface area contributed by atoms with Gasteiger partial charge in [-0.25, -0.2) is 18.0 Å². The highest BCUT2D eigenvalue weighted by atomic mass is 19.2. The molecule has 0 saturated carbocycles. The summed E-state index contributed by atoms with van der Waals surface area (Å²) in [6.45, 7) is 2.03. The van der Waals surface area contributed by atoms with E-state index in [1.807, 2.05) is 0 Å². The second-order valence-electron chi connectivity index (χ2n) is 5.99. The van der Waals surface area contributed by atoms with Crippen molar-refractivity contribution in [1.82, 2.24) is 4.57 Å². The predicted octanol–water partition coefficient (Wildman–Crippen LogP) is 2.03. The summed E-state index contributed by atoms with van der Waals surface area (Å²) in [6.07, 6.45) is -0.350. The number of hydrogen-bond donors (Lipinski definition) is 2. The van der Waals surface area contributed by atoms with Crippen LogP contribution in [0.5, 0.6) is 5.75 Å². The Morgan fingerprint density at radius 3 is 2.58 bits per heavy atom. The highest BCUT2D eigenvalue weighted by Crippen LogP contribution is 2.34. The first-order valence-corrected chi connectivity index (χ1v) is 7.91. The number of aromatic nitrogens is 1. The van der Waals surface area contributed by atoms with Crippen LogP contribution in [0.2, 0.25) is 0 Å². The molecule has 140 valence electrons. The van der Waals surface area contributed by atoms with Crippen molar-refractivity contribution in [2.75, 3.05) is 18.0 Å². The summed E-state index contributed by atoms with van der Waals surface area (Å²) in [6, 6.07) is -0.299. The quantitative estimate of drug-likeness (QED) is 0.633. The highest BCUT2D eigenvalue weighted by Gasteiger charge is 2.31. The maximum Gasteiger partial charge on any atom is 0.511 e. The molecule has 7 nitrogen and oxygen atoms in total. The molecule has 1 atom stereocenters. The average Bonchev–Trinajstić information content (AvgIpc) is 3.00. The van der Waals surface area contributed by atoms with Crippen molar-refractivity contribution in [3.8, 4) is 5.75 Å². The van der Waals surface area contributed by atoms with Crippen LogP contribution in [-0.4, -0.2) is 35.0 Å². The third-order valence-electron chi connectivity index (χ3n) is 4.36. The van der Waals surface area contributed by atoms with Gasteiger partial charge in [-0.05, 0) is 13.3 Å². The molecule has 1 aliphatic rings. The first-order valence-electron chi connectivity index (χ1n) is 7.91. The smallest absolute Gasteiger partial charge is 0.449 e. The fourth-order valence-electron chi connectivity index (χ4n) is 3.18. The van der Waals surface area contributed by atoms with Gasteiger partial charge in [0, 0.05) is 25.7 Å². The topological polar surface area (TPSA) is 97.8 Å². The van der Waals surface area contributed by atoms with Gasteiger partial charge < -0.3 is 25.0 Å². The van der Waals surface area contributed by atoms with Crippen LogP contribution in [0.1, 0.15) is 13.3 Å². The van der Waals surface area contributed by atoms with E-state index in [1.165, 1.54) is 4.90 Å². The number of carbonyl (C=O) groups is 1. The zero-order valence-electron chi connectivity index (χ0n) is 13.8. The normalized spacial score (nSPS) is 17.1. The van der Waals surface area contributed by atoms with Crippen LogP contribution in [0.3, 0.4) is 0 Å². The first-order chi connectivity index (χ1) is 12.3. The number of hydrogen-bond acceptors (Lipinski definition) is 5. The SMILES string of the molecule is CCn1cc(OC(=O)O)c(=O)c2c(F)c(F)c(N3CCC(N)C3)c(F)c21. The fraction of sp³-hybridized carbons (Fsp3) is 0.375. The fourth-order valence-corrected chi connectivity index (χ4v) is 3.18. The van der Waals surface area contributed by atoms with E-state index in [1.54, 1.807) is 6.92 Å². The molecule has 0 spiro atoms. The zero-order valence-corrected chi connectivity index (χ0v) is 13.8. The van der Waals surface area contributed by atoms with Crippen molar-refractivity contribution in [3.63, 3.8) is 0 Å². The molecule has 2 heterocycles. The Balaban J connectivity index is 2.36. The molecule has 1 aromatic carbocycles. The van der Waals surface area contributed by atoms with Crippen molar-refractivity contribution >= 4 is 22.7 Å². The average molecular weight is 371 g/mol. The minimum absolute atomic E-state index is 0.0632. The number of carboxylic acid groups (broad SMARTS) is 1. The standard InChI is InChI=1S/C16H16F3N3O4/c1-2-21-6-8(26-16(24)25)15(23)9-10(17)11(18)14(12(19)13(9)21)22-4-3-7(20)5-22/h6-7H,2-5,20H2,1H3,(H,24,25). The molecule has 0 radical (unpaired) electrons. The van der Waals surface area contributed by atoms with Crippen LogP contribution in [-0.2, 0) is 6.54 Å². The summed E-state index contributed by atoms with van der Waals surface area (Å²) >= 11 is 0. The number of nitrogens with zero attached hydrogens (tertiary/aromatic N) is 2. The third kappa shape index (κ3) is 2.75. The summed E-state index contributed by atoms with van der Waals surface area (Å²) < 4.78 is 49.8. The number of halogens is 3. The van der Waals surface area contributed by atoms with E-state index in [2.05, 4.69) is 4.74 Å². The molecular weight excluding hydrogens is 355 g/mol. The molecule has 3 N–H and O–H groups in total. The molecule has 1 unspecified atom stereocenters. The van der Waals surface area contributed by atoms with Crippen molar-refractivity contribution in [1.29, 1.82) is 0 Å². The minimum Gasteiger partial charge on any atom is -0.449 e. The molecule has 26 heavy (non-hydrogen) atoms. The van der Waals surface area contributed by atoms with Crippen LogP contribution < -0.4 is 20.8 Å². The lowest BCUT2D eigenvalue weighted by Crippen LogP contribution is -2.28. The Kier molecular flexibility index (Phi) is 4.53. The van der Waals surface area contributed by atoms with Gasteiger partial charge in [-0.1, -0.05) is 0 Å². The van der Waals surface area contributed by atoms with Gasteiger partial charge in [0.15, 0.2) is 23.2 Å². The maximum absolute atomic E-state index is 15.1. The van der Waals surface area contributed by atoms with Crippen LogP contribution >= 0.6 is 0 Å². The van der Waals surface area contributed by atoms with Gasteiger partial charge in [0.05, 0.1) is 17.1 Å². The lowest BCUT2D eigenvalue weighted by Gasteiger charge is -2.22. The van der Waals surface area contributed by atoms with Crippen LogP contribution in [0.15, 0.2) is 11.0 Å². The van der Waals surface area contributed by atoms with Gasteiger partial charge in [0.1, 0.15) is 5.69 Å². The number of ether oxygens (including phenoxy) is 1. The molecule has 0 amide bonds. The molecular formula is C16H16F3N3O4. The van der Waals surface area contributed by atoms with E-state index in [4.69, 9.17) is 10.8 Å². The second-order valence-corrected chi connectivity index (χ2v) is 5.99. The zero-order chi connectivity index (χ0) is 19.2. The van der Waals surface area contributed by atoms with Crippen LogP contribution in [0.25, 0.3) is 10.9 Å². The van der Waals surface area contributed by atoms with Gasteiger partial charge in [-0.2, -0.15) is 0 Å². The van der Waals surface area contributed by atoms with Gasteiger partial charge in [-0.3, -0.25) is 4.79 Å². The number of rotatable bonds is 3. The summed E-state index contributed by atoms with van der Waals surface area (Å²) in [7, 11) is 0. The summed E-state index contributed by atoms with van der Waals surface area (Å²) in [4.78, 5) is 24.3. The Morgan fingerprint density at radius 2 is 2.04 bits per heavy atom. The van der Waals surface area contributed by atoms with Gasteiger partial charge >= 0.3 is 6.16 Å². The summed E-state index contributed by atoms with van der Waals surface area (Å²) in [5.74, 6) is -4.91. The molecule has 3 rings (SSSR count). The molecule has 0 bridgehead atoms. The van der Waals surface area contributed by atoms with E-state index in [-0.39, 0.29) is 25.7 Å². The summed E-state index contributed by atoms with van der Waals surface area (Å²) in [5, 5.41) is 7.79. The molecule has 1 fully saturated rings. The van der Waals surface area contributed by atoms with E-state index >= 15 is 4.39 Å². The predicted molar refractivity (Wildman–Crippen MR) is 87.2 cm³/mol. The van der Waals surface area contributed by atoms with E-state index < -0.39 is 51.4 Å². The van der Waals surface area contributed by atoms with Gasteiger partial charge in [-0.15, -0.1) is 0 Å². The minimum atomic E-state index is -1.80. The number of pyridine rings is 1. The molecule has 1 aliphatic heterocycles. The Bertz CT molecular complexity index is 960. The lowest BCUT2D eigenvalue weighted by atomic mass is 10.1. The van der Waals surface area contributed by atoms with Crippen molar-refractivity contribution in [2.45, 2.75) is 25.9 Å². The van der Waals surface area contributed by atoms with E-state index in [9.17, 15) is 18.4 Å². The molecule has 1 saturated heterocycles. The van der Waals surface area contributed by atoms with Gasteiger partial charge in [0.2, 0.25) is 5.43 Å². The molecule has 2 aromatic rings. The van der Waals surface area contributed by atoms with Crippen molar-refractivity contribution < 1.29 is 27.8 Å². The number of anilines is 1. The number of benzene rings is 1. The Labute approximate surface area is 145 Å². The van der Waals surface area contributed by atoms with Crippen LogP contribution in [0.4, 0.5) is 23.7 Å². The number of nitrogens with two attached hydrogens (primary N) is 1. The summed E-state index contributed by atoms with van der Waals surface area (Å²) in [5.41, 5.74) is 3.47. The van der Waals surface area contributed by atoms with Crippen molar-refractivity contribution in [2.24, 2.45) is 5.73 Å². The highest BCUT2D eigenvalue weighted by molar-refractivity contribution is 5.86. The van der Waals surface area contributed by atoms with E-state index in [0.717, 1.165) is 10.8 Å². The van der Waals surface area contributed by atoms with E-state index in [0.29, 0.717) is 6.42 Å². The lowest BCUT2D eigenvalue weighted by molar-refractivity contribution is 0.143. The Morgan fingerprint density at radius 1 is 1.35 bits per heavy atom. The van der Waals surface area contributed by atoms with Gasteiger partial charge in [0.25, 0.3) is 0 Å². The largest absolute Gasteiger partial charge is 0.511 e. The Hall–Kier alpha value is -2.75. The second kappa shape index (κ2) is 6.52. The first kappa shape index (κ1) is 18.1. The number of fused-ring (bicyclic) bond motifs is 1.